The number of carbonyl (C=O) groups is 2. The first-order valence-electron chi connectivity index (χ1n) is 8.79. The van der Waals surface area contributed by atoms with Crippen molar-refractivity contribution in [2.75, 3.05) is 19.7 Å². The van der Waals surface area contributed by atoms with Gasteiger partial charge >= 0.3 is 5.97 Å². The molecule has 0 saturated heterocycles. The molecule has 0 saturated carbocycles. The Bertz CT molecular complexity index is 766. The number of nitrogens with one attached hydrogen (secondary N) is 2. The van der Waals surface area contributed by atoms with Gasteiger partial charge in [-0.3, -0.25) is 19.7 Å². The number of pyridine rings is 1. The van der Waals surface area contributed by atoms with Crippen LogP contribution >= 0.6 is 12.4 Å². The molecule has 27 heavy (non-hydrogen) atoms. The van der Waals surface area contributed by atoms with E-state index in [1.807, 2.05) is 12.1 Å². The van der Waals surface area contributed by atoms with Crippen molar-refractivity contribution in [2.24, 2.45) is 0 Å². The largest absolute Gasteiger partial charge is 0.466 e. The van der Waals surface area contributed by atoms with Gasteiger partial charge in [-0.15, -0.1) is 12.4 Å². The summed E-state index contributed by atoms with van der Waals surface area (Å²) in [7, 11) is 0. The molecule has 3 heterocycles. The number of amides is 1. The number of esters is 1. The van der Waals surface area contributed by atoms with E-state index in [1.54, 1.807) is 24.2 Å². The van der Waals surface area contributed by atoms with Gasteiger partial charge in [0.15, 0.2) is 5.69 Å². The second kappa shape index (κ2) is 10.0. The lowest BCUT2D eigenvalue weighted by Gasteiger charge is -2.22. The smallest absolute Gasteiger partial charge is 0.307 e. The molecule has 8 nitrogen and oxygen atoms in total. The van der Waals surface area contributed by atoms with Gasteiger partial charge in [-0.2, -0.15) is 5.10 Å². The van der Waals surface area contributed by atoms with Gasteiger partial charge in [-0.25, -0.2) is 0 Å². The summed E-state index contributed by atoms with van der Waals surface area (Å²) in [6.07, 6.45) is 4.36. The molecule has 0 aromatic carbocycles. The van der Waals surface area contributed by atoms with Crippen LogP contribution in [0.25, 0.3) is 0 Å². The van der Waals surface area contributed by atoms with Gasteiger partial charge in [-0.1, -0.05) is 6.07 Å². The highest BCUT2D eigenvalue weighted by Crippen LogP contribution is 2.18. The second-order valence-electron chi connectivity index (χ2n) is 6.10. The highest BCUT2D eigenvalue weighted by atomic mass is 35.5. The van der Waals surface area contributed by atoms with Crippen molar-refractivity contribution >= 4 is 24.3 Å². The van der Waals surface area contributed by atoms with Gasteiger partial charge in [0.1, 0.15) is 0 Å². The highest BCUT2D eigenvalue weighted by Gasteiger charge is 2.26. The summed E-state index contributed by atoms with van der Waals surface area (Å²) in [5.41, 5.74) is 3.22. The first-order valence-corrected chi connectivity index (χ1v) is 8.79. The van der Waals surface area contributed by atoms with Gasteiger partial charge in [0.2, 0.25) is 0 Å². The Kier molecular flexibility index (Phi) is 7.75. The fraction of sp³-hybridized carbons (Fsp3) is 0.444. The minimum Gasteiger partial charge on any atom is -0.466 e. The van der Waals surface area contributed by atoms with Crippen LogP contribution < -0.4 is 5.32 Å². The molecule has 9 heteroatoms. The molecule has 2 aromatic rings. The third kappa shape index (κ3) is 5.27. The number of carbonyl (C=O) groups excluding carboxylic acids is 2. The number of nitrogens with zero attached hydrogens (tertiary/aromatic N) is 3. The van der Waals surface area contributed by atoms with Crippen LogP contribution in [-0.4, -0.2) is 51.7 Å². The molecule has 1 amide bonds. The van der Waals surface area contributed by atoms with E-state index in [0.717, 1.165) is 29.8 Å². The van der Waals surface area contributed by atoms with Gasteiger partial charge in [0, 0.05) is 56.3 Å². The van der Waals surface area contributed by atoms with E-state index in [2.05, 4.69) is 20.5 Å². The van der Waals surface area contributed by atoms with Crippen LogP contribution in [0.2, 0.25) is 0 Å². The Morgan fingerprint density at radius 3 is 2.96 bits per heavy atom. The summed E-state index contributed by atoms with van der Waals surface area (Å²) in [4.78, 5) is 30.6. The normalized spacial score (nSPS) is 12.6. The molecule has 146 valence electrons. The zero-order valence-electron chi connectivity index (χ0n) is 15.2. The summed E-state index contributed by atoms with van der Waals surface area (Å²) in [5, 5.41) is 10.5. The number of halogens is 1. The number of aromatic amines is 1. The average molecular weight is 394 g/mol. The first-order chi connectivity index (χ1) is 12.7. The van der Waals surface area contributed by atoms with E-state index in [-0.39, 0.29) is 37.2 Å². The summed E-state index contributed by atoms with van der Waals surface area (Å²) in [6, 6.07) is 3.73. The SMILES string of the molecule is CCOC(=O)CCN(Cc1cccnc1)C(=O)c1n[nH]c2c1CNCC2.Cl. The summed E-state index contributed by atoms with van der Waals surface area (Å²) >= 11 is 0. The minimum absolute atomic E-state index is 0. The van der Waals surface area contributed by atoms with Gasteiger partial charge < -0.3 is 15.0 Å². The van der Waals surface area contributed by atoms with E-state index in [9.17, 15) is 9.59 Å². The maximum atomic E-state index is 13.1. The number of ether oxygens (including phenoxy) is 1. The van der Waals surface area contributed by atoms with E-state index < -0.39 is 0 Å². The van der Waals surface area contributed by atoms with Gasteiger partial charge in [0.25, 0.3) is 5.91 Å². The molecule has 3 rings (SSSR count). The topological polar surface area (TPSA) is 100 Å². The lowest BCUT2D eigenvalue weighted by atomic mass is 10.1. The molecule has 0 bridgehead atoms. The number of hydrogen-bond donors (Lipinski definition) is 2. The molecular weight excluding hydrogens is 370 g/mol. The summed E-state index contributed by atoms with van der Waals surface area (Å²) in [5.74, 6) is -0.512. The fourth-order valence-corrected chi connectivity index (χ4v) is 2.98. The number of hydrogen-bond acceptors (Lipinski definition) is 6. The zero-order chi connectivity index (χ0) is 18.4. The van der Waals surface area contributed by atoms with Crippen molar-refractivity contribution < 1.29 is 14.3 Å². The van der Waals surface area contributed by atoms with E-state index in [1.165, 1.54) is 0 Å². The van der Waals surface area contributed by atoms with Crippen LogP contribution in [0.4, 0.5) is 0 Å². The lowest BCUT2D eigenvalue weighted by Crippen LogP contribution is -2.34. The number of aromatic nitrogens is 3. The number of fused-ring (bicyclic) bond motifs is 1. The van der Waals surface area contributed by atoms with Crippen molar-refractivity contribution in [3.05, 3.63) is 47.0 Å². The Hall–Kier alpha value is -2.45. The molecule has 1 aliphatic rings. The van der Waals surface area contributed by atoms with Crippen molar-refractivity contribution in [3.8, 4) is 0 Å². The average Bonchev–Trinajstić information content (AvgIpc) is 3.10. The van der Waals surface area contributed by atoms with E-state index >= 15 is 0 Å². The molecule has 2 aromatic heterocycles. The molecule has 0 spiro atoms. The number of rotatable bonds is 7. The molecule has 0 radical (unpaired) electrons. The van der Waals surface area contributed by atoms with E-state index in [4.69, 9.17) is 4.74 Å². The molecule has 1 aliphatic heterocycles. The van der Waals surface area contributed by atoms with Gasteiger partial charge in [-0.05, 0) is 18.6 Å². The maximum absolute atomic E-state index is 13.1. The molecule has 0 aliphatic carbocycles. The number of H-pyrrole nitrogens is 1. The molecule has 0 atom stereocenters. The van der Waals surface area contributed by atoms with Crippen molar-refractivity contribution in [3.63, 3.8) is 0 Å². The Morgan fingerprint density at radius 2 is 2.22 bits per heavy atom. The quantitative estimate of drug-likeness (QED) is 0.691. The monoisotopic (exact) mass is 393 g/mol. The fourth-order valence-electron chi connectivity index (χ4n) is 2.98. The van der Waals surface area contributed by atoms with Crippen LogP contribution in [-0.2, 0) is 29.0 Å². The predicted molar refractivity (Wildman–Crippen MR) is 101 cm³/mol. The highest BCUT2D eigenvalue weighted by molar-refractivity contribution is 5.94. The molecule has 0 unspecified atom stereocenters. The Labute approximate surface area is 164 Å². The summed E-state index contributed by atoms with van der Waals surface area (Å²) < 4.78 is 4.98. The van der Waals surface area contributed by atoms with Crippen LogP contribution in [0.5, 0.6) is 0 Å². The molecule has 2 N–H and O–H groups in total. The second-order valence-corrected chi connectivity index (χ2v) is 6.10. The van der Waals surface area contributed by atoms with E-state index in [0.29, 0.717) is 25.4 Å². The van der Waals surface area contributed by atoms with Crippen molar-refractivity contribution in [2.45, 2.75) is 32.9 Å². The van der Waals surface area contributed by atoms with Crippen LogP contribution in [0.15, 0.2) is 24.5 Å². The van der Waals surface area contributed by atoms with Crippen molar-refractivity contribution in [1.29, 1.82) is 0 Å². The summed E-state index contributed by atoms with van der Waals surface area (Å²) in [6.45, 7) is 4.20. The molecular formula is C18H24ClN5O3. The lowest BCUT2D eigenvalue weighted by molar-refractivity contribution is -0.143. The standard InChI is InChI=1S/C18H23N5O3.ClH/c1-2-26-16(24)6-9-23(12-13-4-3-7-19-10-13)18(25)17-14-11-20-8-5-15(14)21-22-17;/h3-4,7,10,20H,2,5-6,8-9,11-12H2,1H3,(H,21,22);1H. The van der Waals surface area contributed by atoms with Gasteiger partial charge in [0.05, 0.1) is 13.0 Å². The van der Waals surface area contributed by atoms with Crippen LogP contribution in [0.3, 0.4) is 0 Å². The Balaban J connectivity index is 0.00000261. The third-order valence-electron chi connectivity index (χ3n) is 4.28. The predicted octanol–water partition coefficient (Wildman–Crippen LogP) is 1.47. The molecule has 0 fully saturated rings. The van der Waals surface area contributed by atoms with Crippen LogP contribution in [0, 0.1) is 0 Å². The first kappa shape index (κ1) is 20.9. The van der Waals surface area contributed by atoms with Crippen molar-refractivity contribution in [1.82, 2.24) is 25.4 Å². The third-order valence-corrected chi connectivity index (χ3v) is 4.28. The maximum Gasteiger partial charge on any atom is 0.307 e. The van der Waals surface area contributed by atoms with Crippen LogP contribution in [0.1, 0.15) is 40.7 Å². The zero-order valence-corrected chi connectivity index (χ0v) is 16.1. The Morgan fingerprint density at radius 1 is 1.37 bits per heavy atom. The minimum atomic E-state index is -0.317.